The summed E-state index contributed by atoms with van der Waals surface area (Å²) in [5.74, 6) is -1.60. The number of aromatic carboxylic acids is 1. The van der Waals surface area contributed by atoms with Crippen LogP contribution in [0.5, 0.6) is 0 Å². The van der Waals surface area contributed by atoms with Crippen LogP contribution in [0.4, 0.5) is 4.79 Å². The van der Waals surface area contributed by atoms with Gasteiger partial charge < -0.3 is 19.6 Å². The summed E-state index contributed by atoms with van der Waals surface area (Å²) in [4.78, 5) is 43.5. The molecule has 28 heavy (non-hydrogen) atoms. The van der Waals surface area contributed by atoms with Crippen molar-refractivity contribution in [3.05, 3.63) is 17.7 Å². The van der Waals surface area contributed by atoms with Crippen LogP contribution in [0.2, 0.25) is 0 Å². The van der Waals surface area contributed by atoms with E-state index in [-0.39, 0.29) is 18.8 Å². The summed E-state index contributed by atoms with van der Waals surface area (Å²) in [6.45, 7) is 10.6. The highest BCUT2D eigenvalue weighted by Crippen LogP contribution is 2.13. The number of ether oxygens (including phenoxy) is 2. The Kier molecular flexibility index (Phi) is 8.01. The molecule has 158 valence electrons. The first-order valence-electron chi connectivity index (χ1n) is 9.24. The molecular weight excluding hydrogens is 366 g/mol. The first-order chi connectivity index (χ1) is 12.8. The Bertz CT molecular complexity index is 685. The molecule has 0 aliphatic carbocycles. The van der Waals surface area contributed by atoms with Gasteiger partial charge in [0.1, 0.15) is 17.7 Å². The average molecular weight is 397 g/mol. The quantitative estimate of drug-likeness (QED) is 0.511. The Hall–Kier alpha value is -2.58. The van der Waals surface area contributed by atoms with E-state index in [1.807, 2.05) is 0 Å². The molecule has 0 saturated carbocycles. The Morgan fingerprint density at radius 3 is 2.21 bits per heavy atom. The van der Waals surface area contributed by atoms with E-state index in [2.05, 4.69) is 9.97 Å². The lowest BCUT2D eigenvalue weighted by Crippen LogP contribution is -2.42. The van der Waals surface area contributed by atoms with Gasteiger partial charge in [0.05, 0.1) is 6.33 Å². The largest absolute Gasteiger partial charge is 0.476 e. The summed E-state index contributed by atoms with van der Waals surface area (Å²) < 4.78 is 10.7. The van der Waals surface area contributed by atoms with Gasteiger partial charge in [0.2, 0.25) is 0 Å². The second-order valence-corrected chi connectivity index (χ2v) is 8.48. The zero-order chi connectivity index (χ0) is 21.5. The molecular formula is C19H31N3O6. The van der Waals surface area contributed by atoms with E-state index in [0.717, 1.165) is 0 Å². The van der Waals surface area contributed by atoms with Crippen molar-refractivity contribution in [2.24, 2.45) is 0 Å². The maximum absolute atomic E-state index is 12.4. The predicted octanol–water partition coefficient (Wildman–Crippen LogP) is 3.01. The van der Waals surface area contributed by atoms with Gasteiger partial charge in [-0.3, -0.25) is 9.69 Å². The van der Waals surface area contributed by atoms with Crippen molar-refractivity contribution in [3.63, 3.8) is 0 Å². The number of H-pyrrole nitrogens is 1. The van der Waals surface area contributed by atoms with Crippen LogP contribution in [0, 0.1) is 0 Å². The fraction of sp³-hybridized carbons (Fsp3) is 0.684. The number of imidazole rings is 1. The highest BCUT2D eigenvalue weighted by atomic mass is 16.6. The number of hydrogen-bond acceptors (Lipinski definition) is 6. The molecule has 0 aromatic carbocycles. The summed E-state index contributed by atoms with van der Waals surface area (Å²) >= 11 is 0. The maximum atomic E-state index is 12.4. The highest BCUT2D eigenvalue weighted by molar-refractivity contribution is 5.86. The number of aromatic nitrogens is 2. The number of carboxylic acids is 1. The van der Waals surface area contributed by atoms with E-state index in [1.165, 1.54) is 11.2 Å². The predicted molar refractivity (Wildman–Crippen MR) is 102 cm³/mol. The Morgan fingerprint density at radius 2 is 1.68 bits per heavy atom. The van der Waals surface area contributed by atoms with Crippen LogP contribution in [-0.2, 0) is 20.7 Å². The van der Waals surface area contributed by atoms with Crippen LogP contribution in [0.1, 0.15) is 70.6 Å². The summed E-state index contributed by atoms with van der Waals surface area (Å²) in [5, 5.41) is 9.07. The van der Waals surface area contributed by atoms with Crippen molar-refractivity contribution in [1.82, 2.24) is 14.9 Å². The summed E-state index contributed by atoms with van der Waals surface area (Å²) in [6.07, 6.45) is 2.38. The molecule has 0 saturated heterocycles. The minimum Gasteiger partial charge on any atom is -0.476 e. The number of carbonyl (C=O) groups is 3. The van der Waals surface area contributed by atoms with E-state index in [4.69, 9.17) is 14.6 Å². The molecule has 1 heterocycles. The van der Waals surface area contributed by atoms with Crippen LogP contribution in [0.25, 0.3) is 0 Å². The first kappa shape index (κ1) is 23.5. The standard InChI is InChI=1S/C19H31N3O6/c1-18(2,3)27-14(23)11-22(17(26)28-19(4,5)6)10-8-7-9-13-15(16(24)25)21-12-20-13/h12H,7-11H2,1-6H3,(H,20,21)(H,24,25). The van der Waals surface area contributed by atoms with E-state index in [0.29, 0.717) is 25.0 Å². The number of aryl methyl sites for hydroxylation is 1. The second-order valence-electron chi connectivity index (χ2n) is 8.48. The van der Waals surface area contributed by atoms with Crippen molar-refractivity contribution in [2.75, 3.05) is 13.1 Å². The molecule has 2 N–H and O–H groups in total. The number of carbonyl (C=O) groups excluding carboxylic acids is 2. The van der Waals surface area contributed by atoms with Crippen LogP contribution in [0.15, 0.2) is 6.33 Å². The molecule has 1 amide bonds. The molecule has 0 atom stereocenters. The molecule has 0 radical (unpaired) electrons. The van der Waals surface area contributed by atoms with Crippen molar-refractivity contribution >= 4 is 18.0 Å². The van der Waals surface area contributed by atoms with Crippen LogP contribution in [0.3, 0.4) is 0 Å². The number of unbranched alkanes of at least 4 members (excludes halogenated alkanes) is 1. The smallest absolute Gasteiger partial charge is 0.410 e. The minimum atomic E-state index is -1.09. The van der Waals surface area contributed by atoms with Crippen molar-refractivity contribution in [1.29, 1.82) is 0 Å². The monoisotopic (exact) mass is 397 g/mol. The summed E-state index contributed by atoms with van der Waals surface area (Å²) in [7, 11) is 0. The van der Waals surface area contributed by atoms with Crippen molar-refractivity contribution < 1.29 is 29.0 Å². The molecule has 1 rings (SSSR count). The third-order valence-corrected chi connectivity index (χ3v) is 3.42. The summed E-state index contributed by atoms with van der Waals surface area (Å²) in [6, 6.07) is 0. The van der Waals surface area contributed by atoms with Crippen LogP contribution in [-0.4, -0.2) is 62.3 Å². The van der Waals surface area contributed by atoms with Crippen molar-refractivity contribution in [3.8, 4) is 0 Å². The fourth-order valence-electron chi connectivity index (χ4n) is 2.39. The lowest BCUT2D eigenvalue weighted by atomic mass is 10.1. The van der Waals surface area contributed by atoms with Gasteiger partial charge in [0.25, 0.3) is 0 Å². The summed E-state index contributed by atoms with van der Waals surface area (Å²) in [5.41, 5.74) is -0.804. The molecule has 9 heteroatoms. The Balaban J connectivity index is 2.66. The average Bonchev–Trinajstić information content (AvgIpc) is 2.95. The second kappa shape index (κ2) is 9.57. The van der Waals surface area contributed by atoms with E-state index in [9.17, 15) is 14.4 Å². The molecule has 0 bridgehead atoms. The molecule has 0 unspecified atom stereocenters. The zero-order valence-electron chi connectivity index (χ0n) is 17.5. The normalized spacial score (nSPS) is 11.8. The molecule has 0 fully saturated rings. The third-order valence-electron chi connectivity index (χ3n) is 3.42. The van der Waals surface area contributed by atoms with Gasteiger partial charge in [-0.15, -0.1) is 0 Å². The van der Waals surface area contributed by atoms with Gasteiger partial charge in [0, 0.05) is 12.2 Å². The first-order valence-corrected chi connectivity index (χ1v) is 9.24. The van der Waals surface area contributed by atoms with Gasteiger partial charge in [-0.25, -0.2) is 14.6 Å². The molecule has 0 aliphatic rings. The van der Waals surface area contributed by atoms with Crippen LogP contribution >= 0.6 is 0 Å². The molecule has 9 nitrogen and oxygen atoms in total. The van der Waals surface area contributed by atoms with E-state index < -0.39 is 29.2 Å². The highest BCUT2D eigenvalue weighted by Gasteiger charge is 2.26. The third kappa shape index (κ3) is 8.88. The lowest BCUT2D eigenvalue weighted by Gasteiger charge is -2.28. The molecule has 1 aromatic rings. The van der Waals surface area contributed by atoms with Crippen LogP contribution < -0.4 is 0 Å². The number of nitrogens with zero attached hydrogens (tertiary/aromatic N) is 2. The van der Waals surface area contributed by atoms with Crippen molar-refractivity contribution in [2.45, 2.75) is 72.0 Å². The van der Waals surface area contributed by atoms with Gasteiger partial charge in [-0.05, 0) is 60.8 Å². The zero-order valence-corrected chi connectivity index (χ0v) is 17.5. The number of aromatic amines is 1. The molecule has 0 spiro atoms. The Labute approximate surface area is 165 Å². The van der Waals surface area contributed by atoms with Gasteiger partial charge >= 0.3 is 18.0 Å². The van der Waals surface area contributed by atoms with Gasteiger partial charge in [0.15, 0.2) is 5.69 Å². The number of carboxylic acid groups (broad SMARTS) is 1. The number of amides is 1. The number of nitrogens with one attached hydrogen (secondary N) is 1. The number of hydrogen-bond donors (Lipinski definition) is 2. The molecule has 1 aromatic heterocycles. The SMILES string of the molecule is CC(C)(C)OC(=O)CN(CCCCc1[nH]cnc1C(=O)O)C(=O)OC(C)(C)C. The van der Waals surface area contributed by atoms with Gasteiger partial charge in [-0.1, -0.05) is 0 Å². The lowest BCUT2D eigenvalue weighted by molar-refractivity contribution is -0.156. The minimum absolute atomic E-state index is 0.00208. The van der Waals surface area contributed by atoms with Gasteiger partial charge in [-0.2, -0.15) is 0 Å². The van der Waals surface area contributed by atoms with E-state index in [1.54, 1.807) is 41.5 Å². The topological polar surface area (TPSA) is 122 Å². The Morgan fingerprint density at radius 1 is 1.07 bits per heavy atom. The molecule has 0 aliphatic heterocycles. The van der Waals surface area contributed by atoms with E-state index >= 15 is 0 Å². The number of rotatable bonds is 8. The number of esters is 1. The maximum Gasteiger partial charge on any atom is 0.410 e. The fourth-order valence-corrected chi connectivity index (χ4v) is 2.39.